The molecule has 16 heavy (non-hydrogen) atoms. The molecule has 0 spiro atoms. The highest BCUT2D eigenvalue weighted by Gasteiger charge is 2.15. The molecule has 5 nitrogen and oxygen atoms in total. The van der Waals surface area contributed by atoms with E-state index in [0.717, 1.165) is 11.4 Å². The minimum absolute atomic E-state index is 0.248. The summed E-state index contributed by atoms with van der Waals surface area (Å²) in [4.78, 5) is 10.6. The van der Waals surface area contributed by atoms with E-state index in [9.17, 15) is 0 Å². The third-order valence-electron chi connectivity index (χ3n) is 2.67. The summed E-state index contributed by atoms with van der Waals surface area (Å²) >= 11 is 0. The van der Waals surface area contributed by atoms with Crippen LogP contribution in [0.4, 0.5) is 11.6 Å². The summed E-state index contributed by atoms with van der Waals surface area (Å²) in [6.45, 7) is 6.50. The summed E-state index contributed by atoms with van der Waals surface area (Å²) in [6.07, 6.45) is 0. The van der Waals surface area contributed by atoms with Crippen LogP contribution in [0.3, 0.4) is 0 Å². The second kappa shape index (κ2) is 5.12. The van der Waals surface area contributed by atoms with E-state index < -0.39 is 0 Å². The normalized spacial score (nSPS) is 12.6. The van der Waals surface area contributed by atoms with Crippen molar-refractivity contribution in [1.29, 1.82) is 0 Å². The molecule has 90 valence electrons. The molecule has 0 amide bonds. The van der Waals surface area contributed by atoms with Crippen molar-refractivity contribution in [2.75, 3.05) is 31.4 Å². The van der Waals surface area contributed by atoms with Gasteiger partial charge in [-0.25, -0.2) is 9.97 Å². The van der Waals surface area contributed by atoms with Crippen LogP contribution in [0, 0.1) is 13.8 Å². The molecule has 2 N–H and O–H groups in total. The maximum absolute atomic E-state index is 5.82. The van der Waals surface area contributed by atoms with Crippen molar-refractivity contribution < 1.29 is 4.74 Å². The number of nitrogens with zero attached hydrogens (tertiary/aromatic N) is 3. The molecular formula is C11H20N4O. The number of hydrogen-bond donors (Lipinski definition) is 1. The van der Waals surface area contributed by atoms with E-state index in [2.05, 4.69) is 21.8 Å². The number of ether oxygens (including phenoxy) is 1. The molecule has 0 bridgehead atoms. The number of anilines is 2. The summed E-state index contributed by atoms with van der Waals surface area (Å²) in [5, 5.41) is 0. The van der Waals surface area contributed by atoms with Crippen molar-refractivity contribution >= 4 is 11.6 Å². The standard InChI is InChI=1S/C11H20N4O/c1-7(6-16-5)15(4)11-8(2)10(12)13-9(3)14-11/h7H,6H2,1-5H3,(H2,12,13,14). The van der Waals surface area contributed by atoms with Crippen LogP contribution in [0.1, 0.15) is 18.3 Å². The van der Waals surface area contributed by atoms with E-state index in [1.807, 2.05) is 20.9 Å². The van der Waals surface area contributed by atoms with Crippen molar-refractivity contribution in [2.24, 2.45) is 0 Å². The van der Waals surface area contributed by atoms with Crippen LogP contribution >= 0.6 is 0 Å². The van der Waals surface area contributed by atoms with Gasteiger partial charge in [-0.1, -0.05) is 0 Å². The zero-order valence-corrected chi connectivity index (χ0v) is 10.6. The van der Waals surface area contributed by atoms with Gasteiger partial charge in [-0.3, -0.25) is 0 Å². The summed E-state index contributed by atoms with van der Waals surface area (Å²) in [5.74, 6) is 2.10. The molecule has 0 saturated heterocycles. The number of hydrogen-bond acceptors (Lipinski definition) is 5. The number of rotatable bonds is 4. The maximum Gasteiger partial charge on any atom is 0.137 e. The molecule has 1 heterocycles. The number of aryl methyl sites for hydroxylation is 1. The topological polar surface area (TPSA) is 64.3 Å². The Balaban J connectivity index is 3.03. The molecule has 1 rings (SSSR count). The Morgan fingerprint density at radius 3 is 2.56 bits per heavy atom. The first-order chi connectivity index (χ1) is 7.47. The number of nitrogen functional groups attached to an aromatic ring is 1. The van der Waals surface area contributed by atoms with E-state index in [1.165, 1.54) is 0 Å². The highest BCUT2D eigenvalue weighted by molar-refractivity contribution is 5.56. The fourth-order valence-corrected chi connectivity index (χ4v) is 1.54. The molecule has 1 aromatic heterocycles. The molecule has 0 fully saturated rings. The Morgan fingerprint density at radius 1 is 1.38 bits per heavy atom. The summed E-state index contributed by atoms with van der Waals surface area (Å²) in [5.41, 5.74) is 6.74. The van der Waals surface area contributed by atoms with Gasteiger partial charge in [0.05, 0.1) is 12.6 Å². The molecule has 1 aromatic rings. The van der Waals surface area contributed by atoms with Gasteiger partial charge in [-0.2, -0.15) is 0 Å². The van der Waals surface area contributed by atoms with Crippen LogP contribution in [0.5, 0.6) is 0 Å². The monoisotopic (exact) mass is 224 g/mol. The molecular weight excluding hydrogens is 204 g/mol. The lowest BCUT2D eigenvalue weighted by molar-refractivity contribution is 0.183. The molecule has 0 aliphatic heterocycles. The van der Waals surface area contributed by atoms with Crippen molar-refractivity contribution in [3.05, 3.63) is 11.4 Å². The van der Waals surface area contributed by atoms with E-state index in [0.29, 0.717) is 18.2 Å². The minimum atomic E-state index is 0.248. The lowest BCUT2D eigenvalue weighted by Gasteiger charge is -2.27. The summed E-state index contributed by atoms with van der Waals surface area (Å²) in [6, 6.07) is 0.248. The van der Waals surface area contributed by atoms with Crippen LogP contribution in [0.2, 0.25) is 0 Å². The van der Waals surface area contributed by atoms with Gasteiger partial charge in [-0.05, 0) is 20.8 Å². The first-order valence-electron chi connectivity index (χ1n) is 5.29. The third kappa shape index (κ3) is 2.61. The predicted molar refractivity (Wildman–Crippen MR) is 65.7 cm³/mol. The Kier molecular flexibility index (Phi) is 4.06. The Hall–Kier alpha value is -1.36. The van der Waals surface area contributed by atoms with Crippen molar-refractivity contribution in [3.8, 4) is 0 Å². The number of aromatic nitrogens is 2. The Bertz CT molecular complexity index is 367. The first-order valence-corrected chi connectivity index (χ1v) is 5.29. The molecule has 0 radical (unpaired) electrons. The summed E-state index contributed by atoms with van der Waals surface area (Å²) in [7, 11) is 3.68. The molecule has 0 aliphatic rings. The minimum Gasteiger partial charge on any atom is -0.383 e. The van der Waals surface area contributed by atoms with E-state index in [-0.39, 0.29) is 6.04 Å². The van der Waals surface area contributed by atoms with Crippen LogP contribution in [0.25, 0.3) is 0 Å². The highest BCUT2D eigenvalue weighted by Crippen LogP contribution is 2.21. The van der Waals surface area contributed by atoms with Gasteiger partial charge < -0.3 is 15.4 Å². The summed E-state index contributed by atoms with van der Waals surface area (Å²) < 4.78 is 5.13. The van der Waals surface area contributed by atoms with Crippen LogP contribution < -0.4 is 10.6 Å². The third-order valence-corrected chi connectivity index (χ3v) is 2.67. The zero-order valence-electron chi connectivity index (χ0n) is 10.6. The van der Waals surface area contributed by atoms with Crippen LogP contribution in [-0.4, -0.2) is 36.8 Å². The molecule has 5 heteroatoms. The molecule has 1 atom stereocenters. The van der Waals surface area contributed by atoms with Gasteiger partial charge in [0.2, 0.25) is 0 Å². The van der Waals surface area contributed by atoms with Gasteiger partial charge in [0.1, 0.15) is 17.5 Å². The fraction of sp³-hybridized carbons (Fsp3) is 0.636. The van der Waals surface area contributed by atoms with Gasteiger partial charge in [0.15, 0.2) is 0 Å². The van der Waals surface area contributed by atoms with Gasteiger partial charge in [0.25, 0.3) is 0 Å². The van der Waals surface area contributed by atoms with E-state index >= 15 is 0 Å². The van der Waals surface area contributed by atoms with Gasteiger partial charge in [0, 0.05) is 19.7 Å². The average Bonchev–Trinajstić information content (AvgIpc) is 2.22. The smallest absolute Gasteiger partial charge is 0.137 e. The van der Waals surface area contributed by atoms with Crippen molar-refractivity contribution in [1.82, 2.24) is 9.97 Å². The van der Waals surface area contributed by atoms with Gasteiger partial charge in [-0.15, -0.1) is 0 Å². The van der Waals surface area contributed by atoms with Crippen molar-refractivity contribution in [2.45, 2.75) is 26.8 Å². The molecule has 0 aromatic carbocycles. The lowest BCUT2D eigenvalue weighted by Crippen LogP contribution is -2.34. The quantitative estimate of drug-likeness (QED) is 0.831. The molecule has 0 aliphatic carbocycles. The van der Waals surface area contributed by atoms with Crippen LogP contribution in [0.15, 0.2) is 0 Å². The first kappa shape index (κ1) is 12.7. The Labute approximate surface area is 96.6 Å². The Morgan fingerprint density at radius 2 is 2.00 bits per heavy atom. The second-order valence-electron chi connectivity index (χ2n) is 4.02. The number of methoxy groups -OCH3 is 1. The average molecular weight is 224 g/mol. The number of nitrogens with two attached hydrogens (primary N) is 1. The predicted octanol–water partition coefficient (Wildman–Crippen LogP) is 1.15. The second-order valence-corrected chi connectivity index (χ2v) is 4.02. The fourth-order valence-electron chi connectivity index (χ4n) is 1.54. The van der Waals surface area contributed by atoms with Crippen molar-refractivity contribution in [3.63, 3.8) is 0 Å². The highest BCUT2D eigenvalue weighted by atomic mass is 16.5. The van der Waals surface area contributed by atoms with E-state index in [4.69, 9.17) is 10.5 Å². The molecule has 1 unspecified atom stereocenters. The number of likely N-dealkylation sites (N-methyl/N-ethyl adjacent to an activating group) is 1. The molecule has 0 saturated carbocycles. The van der Waals surface area contributed by atoms with Gasteiger partial charge >= 0.3 is 0 Å². The van der Waals surface area contributed by atoms with Crippen LogP contribution in [-0.2, 0) is 4.74 Å². The SMILES string of the molecule is COCC(C)N(C)c1nc(C)nc(N)c1C. The maximum atomic E-state index is 5.82. The zero-order chi connectivity index (χ0) is 12.3. The largest absolute Gasteiger partial charge is 0.383 e. The van der Waals surface area contributed by atoms with E-state index in [1.54, 1.807) is 7.11 Å². The lowest BCUT2D eigenvalue weighted by atomic mass is 10.2.